The average Bonchev–Trinajstić information content (AvgIpc) is 2.68. The van der Waals surface area contributed by atoms with E-state index in [0.717, 1.165) is 16.6 Å². The zero-order valence-electron chi connectivity index (χ0n) is 11.6. The summed E-state index contributed by atoms with van der Waals surface area (Å²) in [5, 5.41) is 9.76. The van der Waals surface area contributed by atoms with Crippen molar-refractivity contribution in [3.8, 4) is 6.19 Å². The molecule has 5 nitrogen and oxygen atoms in total. The Kier molecular flexibility index (Phi) is 2.55. The summed E-state index contributed by atoms with van der Waals surface area (Å²) >= 11 is 3.19. The van der Waals surface area contributed by atoms with Gasteiger partial charge in [0, 0.05) is 37.2 Å². The number of nitrogens with zero attached hydrogens (tertiary/aromatic N) is 4. The van der Waals surface area contributed by atoms with E-state index in [4.69, 9.17) is 5.26 Å². The maximum atomic E-state index is 13.7. The van der Waals surface area contributed by atoms with Gasteiger partial charge in [-0.3, -0.25) is 9.78 Å². The van der Waals surface area contributed by atoms with Crippen LogP contribution in [0.2, 0.25) is 0 Å². The number of likely N-dealkylation sites (N-methyl/N-ethyl adjacent to an activating group) is 1. The number of hydrogen-bond donors (Lipinski definition) is 0. The van der Waals surface area contributed by atoms with Crippen molar-refractivity contribution in [3.63, 3.8) is 0 Å². The molecule has 0 atom stereocenters. The van der Waals surface area contributed by atoms with Crippen molar-refractivity contribution in [3.05, 3.63) is 34.2 Å². The van der Waals surface area contributed by atoms with E-state index in [1.165, 1.54) is 6.07 Å². The zero-order valence-corrected chi connectivity index (χ0v) is 13.2. The number of benzene rings is 1. The SMILES string of the molecule is CN1C(=O)C2(CN(C#N)C2)c2c1cnc1cc(F)c(Br)cc21. The first-order valence-electron chi connectivity index (χ1n) is 6.69. The summed E-state index contributed by atoms with van der Waals surface area (Å²) in [5.41, 5.74) is 1.36. The molecule has 0 aliphatic carbocycles. The van der Waals surface area contributed by atoms with Gasteiger partial charge in [-0.05, 0) is 22.0 Å². The second-order valence-corrected chi connectivity index (χ2v) is 6.56. The van der Waals surface area contributed by atoms with Crippen LogP contribution >= 0.6 is 15.9 Å². The van der Waals surface area contributed by atoms with Gasteiger partial charge in [0.15, 0.2) is 6.19 Å². The van der Waals surface area contributed by atoms with Crippen molar-refractivity contribution >= 4 is 38.4 Å². The normalized spacial score (nSPS) is 18.5. The van der Waals surface area contributed by atoms with Gasteiger partial charge in [-0.2, -0.15) is 5.26 Å². The molecule has 1 saturated heterocycles. The van der Waals surface area contributed by atoms with E-state index in [1.807, 2.05) is 0 Å². The molecular weight excluding hydrogens is 351 g/mol. The molecule has 1 amide bonds. The standard InChI is InChI=1S/C15H10BrFN4O/c1-20-12-4-19-11-3-10(17)9(16)2-8(11)13(12)15(14(20)22)5-21(6-15)7-18/h2-4H,5-6H2,1H3. The molecule has 7 heteroatoms. The molecule has 2 aliphatic heterocycles. The number of nitriles is 1. The summed E-state index contributed by atoms with van der Waals surface area (Å²) in [4.78, 5) is 20.1. The summed E-state index contributed by atoms with van der Waals surface area (Å²) in [6, 6.07) is 3.02. The Hall–Kier alpha value is -2.20. The van der Waals surface area contributed by atoms with E-state index < -0.39 is 5.41 Å². The number of fused-ring (bicyclic) bond motifs is 4. The van der Waals surface area contributed by atoms with E-state index in [-0.39, 0.29) is 11.7 Å². The van der Waals surface area contributed by atoms with Gasteiger partial charge in [-0.25, -0.2) is 4.39 Å². The lowest BCUT2D eigenvalue weighted by Gasteiger charge is -2.43. The van der Waals surface area contributed by atoms with E-state index >= 15 is 0 Å². The Balaban J connectivity index is 2.03. The maximum absolute atomic E-state index is 13.7. The van der Waals surface area contributed by atoms with Crippen molar-refractivity contribution in [1.29, 1.82) is 5.26 Å². The molecule has 4 rings (SSSR count). The van der Waals surface area contributed by atoms with Gasteiger partial charge in [0.2, 0.25) is 5.91 Å². The minimum absolute atomic E-state index is 0.0382. The molecule has 1 fully saturated rings. The highest BCUT2D eigenvalue weighted by Gasteiger charge is 2.58. The summed E-state index contributed by atoms with van der Waals surface area (Å²) in [5.74, 6) is -0.428. The maximum Gasteiger partial charge on any atom is 0.241 e. The van der Waals surface area contributed by atoms with Gasteiger partial charge >= 0.3 is 0 Å². The van der Waals surface area contributed by atoms with Crippen molar-refractivity contribution in [2.45, 2.75) is 5.41 Å². The molecule has 22 heavy (non-hydrogen) atoms. The van der Waals surface area contributed by atoms with Crippen molar-refractivity contribution in [2.24, 2.45) is 0 Å². The number of carbonyl (C=O) groups is 1. The number of pyridine rings is 1. The molecule has 2 aliphatic rings. The number of halogens is 2. The second kappa shape index (κ2) is 4.17. The first-order chi connectivity index (χ1) is 10.5. The van der Waals surface area contributed by atoms with Crippen molar-refractivity contribution in [2.75, 3.05) is 25.0 Å². The van der Waals surface area contributed by atoms with Gasteiger partial charge in [0.25, 0.3) is 0 Å². The largest absolute Gasteiger partial charge is 0.313 e. The third kappa shape index (κ3) is 1.45. The monoisotopic (exact) mass is 360 g/mol. The van der Waals surface area contributed by atoms with Crippen LogP contribution in [0.3, 0.4) is 0 Å². The van der Waals surface area contributed by atoms with E-state index in [1.54, 1.807) is 29.1 Å². The van der Waals surface area contributed by atoms with Crippen LogP contribution in [0, 0.1) is 17.3 Å². The molecule has 1 aromatic carbocycles. The minimum Gasteiger partial charge on any atom is -0.313 e. The number of carbonyl (C=O) groups excluding carboxylic acids is 1. The average molecular weight is 361 g/mol. The fraction of sp³-hybridized carbons (Fsp3) is 0.267. The molecule has 0 bridgehead atoms. The lowest BCUT2D eigenvalue weighted by atomic mass is 9.74. The Morgan fingerprint density at radius 2 is 2.18 bits per heavy atom. The summed E-state index contributed by atoms with van der Waals surface area (Å²) < 4.78 is 14.1. The lowest BCUT2D eigenvalue weighted by Crippen LogP contribution is -2.61. The molecule has 110 valence electrons. The Morgan fingerprint density at radius 1 is 1.45 bits per heavy atom. The molecule has 0 unspecified atom stereocenters. The fourth-order valence-corrected chi connectivity index (χ4v) is 3.78. The van der Waals surface area contributed by atoms with E-state index in [0.29, 0.717) is 23.1 Å². The van der Waals surface area contributed by atoms with Crippen molar-refractivity contribution in [1.82, 2.24) is 9.88 Å². The molecular formula is C15H10BrFN4O. The predicted octanol–water partition coefficient (Wildman–Crippen LogP) is 2.15. The van der Waals surface area contributed by atoms with Crippen LogP contribution in [0.5, 0.6) is 0 Å². The fourth-order valence-electron chi connectivity index (χ4n) is 3.44. The van der Waals surface area contributed by atoms with E-state index in [2.05, 4.69) is 27.1 Å². The number of aromatic nitrogens is 1. The molecule has 2 aromatic rings. The predicted molar refractivity (Wildman–Crippen MR) is 81.7 cm³/mol. The third-order valence-electron chi connectivity index (χ3n) is 4.51. The van der Waals surface area contributed by atoms with E-state index in [9.17, 15) is 9.18 Å². The Bertz CT molecular complexity index is 885. The summed E-state index contributed by atoms with van der Waals surface area (Å²) in [6.45, 7) is 0.710. The highest BCUT2D eigenvalue weighted by atomic mass is 79.9. The molecule has 3 heterocycles. The second-order valence-electron chi connectivity index (χ2n) is 5.70. The Labute approximate surface area is 134 Å². The number of amides is 1. The number of likely N-dealkylation sites (tertiary alicyclic amines) is 1. The topological polar surface area (TPSA) is 60.2 Å². The molecule has 1 spiro atoms. The van der Waals surface area contributed by atoms with Crippen LogP contribution < -0.4 is 4.90 Å². The van der Waals surface area contributed by atoms with Crippen LogP contribution in [-0.2, 0) is 10.2 Å². The number of anilines is 1. The van der Waals surface area contributed by atoms with Crippen LogP contribution in [0.1, 0.15) is 5.56 Å². The van der Waals surface area contributed by atoms with Crippen molar-refractivity contribution < 1.29 is 9.18 Å². The van der Waals surface area contributed by atoms with Crippen LogP contribution in [0.4, 0.5) is 10.1 Å². The van der Waals surface area contributed by atoms with Crippen LogP contribution in [-0.4, -0.2) is 35.9 Å². The van der Waals surface area contributed by atoms with Gasteiger partial charge in [0.05, 0.1) is 21.9 Å². The molecule has 0 saturated carbocycles. The molecule has 0 N–H and O–H groups in total. The first kappa shape index (κ1) is 13.5. The van der Waals surface area contributed by atoms with Crippen LogP contribution in [0.25, 0.3) is 10.9 Å². The zero-order chi connectivity index (χ0) is 15.6. The van der Waals surface area contributed by atoms with Gasteiger partial charge in [0.1, 0.15) is 11.2 Å². The molecule has 1 aromatic heterocycles. The highest BCUT2D eigenvalue weighted by Crippen LogP contribution is 2.49. The van der Waals surface area contributed by atoms with Gasteiger partial charge in [-0.15, -0.1) is 0 Å². The smallest absolute Gasteiger partial charge is 0.241 e. The summed E-state index contributed by atoms with van der Waals surface area (Å²) in [6.07, 6.45) is 3.67. The van der Waals surface area contributed by atoms with Gasteiger partial charge < -0.3 is 9.80 Å². The Morgan fingerprint density at radius 3 is 2.86 bits per heavy atom. The quantitative estimate of drug-likeness (QED) is 0.675. The van der Waals surface area contributed by atoms with Crippen LogP contribution in [0.15, 0.2) is 22.8 Å². The first-order valence-corrected chi connectivity index (χ1v) is 7.48. The minimum atomic E-state index is -0.724. The number of rotatable bonds is 0. The molecule has 0 radical (unpaired) electrons. The summed E-state index contributed by atoms with van der Waals surface area (Å²) in [7, 11) is 1.71. The third-order valence-corrected chi connectivity index (χ3v) is 5.11. The number of hydrogen-bond acceptors (Lipinski definition) is 4. The van der Waals surface area contributed by atoms with Gasteiger partial charge in [-0.1, -0.05) is 0 Å². The highest BCUT2D eigenvalue weighted by molar-refractivity contribution is 9.10. The lowest BCUT2D eigenvalue weighted by molar-refractivity contribution is -0.127.